The fourth-order valence-electron chi connectivity index (χ4n) is 1.15. The van der Waals surface area contributed by atoms with Crippen molar-refractivity contribution in [1.29, 1.82) is 0 Å². The van der Waals surface area contributed by atoms with Gasteiger partial charge in [-0.25, -0.2) is 8.42 Å². The number of rotatable bonds is 3. The second-order valence-electron chi connectivity index (χ2n) is 3.12. The first-order chi connectivity index (χ1) is 6.85. The molecule has 0 N–H and O–H groups in total. The predicted molar refractivity (Wildman–Crippen MR) is 72.0 cm³/mol. The van der Waals surface area contributed by atoms with Gasteiger partial charge in [0.1, 0.15) is 5.75 Å². The Morgan fingerprint density at radius 1 is 1.47 bits per heavy atom. The highest BCUT2D eigenvalue weighted by atomic mass is 127. The van der Waals surface area contributed by atoms with Gasteiger partial charge >= 0.3 is 0 Å². The zero-order valence-corrected chi connectivity index (χ0v) is 12.8. The van der Waals surface area contributed by atoms with Crippen LogP contribution < -0.4 is 4.74 Å². The monoisotopic (exact) mass is 404 g/mol. The van der Waals surface area contributed by atoms with E-state index in [4.69, 9.17) is 4.74 Å². The molecule has 0 aliphatic rings. The summed E-state index contributed by atoms with van der Waals surface area (Å²) in [5.41, 5.74) is 0.762. The molecule has 0 amide bonds. The summed E-state index contributed by atoms with van der Waals surface area (Å²) < 4.78 is 29.2. The molecule has 0 aliphatic heterocycles. The average molecular weight is 405 g/mol. The fraction of sp³-hybridized carbons (Fsp3) is 0.333. The topological polar surface area (TPSA) is 43.4 Å². The van der Waals surface area contributed by atoms with Crippen LogP contribution in [0.25, 0.3) is 0 Å². The Morgan fingerprint density at radius 3 is 2.53 bits per heavy atom. The third-order valence-corrected chi connectivity index (χ3v) is 4.39. The zero-order chi connectivity index (χ0) is 11.6. The Kier molecular flexibility index (Phi) is 4.42. The summed E-state index contributed by atoms with van der Waals surface area (Å²) in [7, 11) is -1.45. The van der Waals surface area contributed by atoms with E-state index in [2.05, 4.69) is 38.5 Å². The largest absolute Gasteiger partial charge is 0.494 e. The van der Waals surface area contributed by atoms with Gasteiger partial charge in [-0.05, 0) is 50.2 Å². The quantitative estimate of drug-likeness (QED) is 0.727. The fourth-order valence-corrected chi connectivity index (χ4v) is 3.96. The minimum atomic E-state index is -3.01. The minimum Gasteiger partial charge on any atom is -0.494 e. The van der Waals surface area contributed by atoms with Crippen LogP contribution >= 0.6 is 38.5 Å². The van der Waals surface area contributed by atoms with Crippen molar-refractivity contribution < 1.29 is 13.2 Å². The van der Waals surface area contributed by atoms with E-state index in [9.17, 15) is 8.42 Å². The molecule has 0 aliphatic carbocycles. The molecule has 0 bridgehead atoms. The summed E-state index contributed by atoms with van der Waals surface area (Å²) in [6.45, 7) is 0. The molecule has 1 rings (SSSR count). The molecule has 1 aromatic rings. The summed E-state index contributed by atoms with van der Waals surface area (Å²) >= 11 is 5.43. The molecule has 0 saturated carbocycles. The van der Waals surface area contributed by atoms with Crippen molar-refractivity contribution in [1.82, 2.24) is 0 Å². The normalized spacial score (nSPS) is 11.5. The number of hydrogen-bond donors (Lipinski definition) is 0. The molecule has 0 heterocycles. The van der Waals surface area contributed by atoms with Gasteiger partial charge < -0.3 is 4.74 Å². The van der Waals surface area contributed by atoms with Crippen molar-refractivity contribution in [3.8, 4) is 5.75 Å². The van der Waals surface area contributed by atoms with Crippen molar-refractivity contribution in [2.45, 2.75) is 5.75 Å². The summed E-state index contributed by atoms with van der Waals surface area (Å²) in [6, 6.07) is 3.58. The average Bonchev–Trinajstić information content (AvgIpc) is 2.09. The van der Waals surface area contributed by atoms with Crippen LogP contribution in [0.3, 0.4) is 0 Å². The molecule has 84 valence electrons. The van der Waals surface area contributed by atoms with Gasteiger partial charge in [-0.3, -0.25) is 0 Å². The van der Waals surface area contributed by atoms with Crippen molar-refractivity contribution in [2.24, 2.45) is 0 Å². The first-order valence-electron chi connectivity index (χ1n) is 4.03. The highest BCUT2D eigenvalue weighted by Gasteiger charge is 2.13. The molecule has 15 heavy (non-hydrogen) atoms. The molecule has 3 nitrogen and oxygen atoms in total. The Hall–Kier alpha value is 0.180. The van der Waals surface area contributed by atoms with Crippen LogP contribution in [0, 0.1) is 3.57 Å². The summed E-state index contributed by atoms with van der Waals surface area (Å²) in [5.74, 6) is 0.714. The first-order valence-corrected chi connectivity index (χ1v) is 7.97. The number of methoxy groups -OCH3 is 1. The molecule has 0 radical (unpaired) electrons. The van der Waals surface area contributed by atoms with E-state index in [1.54, 1.807) is 19.2 Å². The number of hydrogen-bond acceptors (Lipinski definition) is 3. The maximum Gasteiger partial charge on any atom is 0.151 e. The van der Waals surface area contributed by atoms with Crippen LogP contribution in [0.1, 0.15) is 5.56 Å². The lowest BCUT2D eigenvalue weighted by atomic mass is 10.2. The maximum atomic E-state index is 11.2. The highest BCUT2D eigenvalue weighted by molar-refractivity contribution is 14.1. The molecule has 6 heteroatoms. The number of halogens is 2. The third kappa shape index (κ3) is 3.60. The summed E-state index contributed by atoms with van der Waals surface area (Å²) in [5, 5.41) is 0. The van der Waals surface area contributed by atoms with Crippen molar-refractivity contribution in [3.05, 3.63) is 25.7 Å². The lowest BCUT2D eigenvalue weighted by Crippen LogP contribution is -2.03. The van der Waals surface area contributed by atoms with Gasteiger partial charge in [0.2, 0.25) is 0 Å². The number of benzene rings is 1. The van der Waals surface area contributed by atoms with Crippen LogP contribution in [0.15, 0.2) is 16.6 Å². The van der Waals surface area contributed by atoms with Crippen LogP contribution in [0.2, 0.25) is 0 Å². The Labute approximate surface area is 111 Å². The van der Waals surface area contributed by atoms with Gasteiger partial charge in [-0.2, -0.15) is 0 Å². The lowest BCUT2D eigenvalue weighted by molar-refractivity contribution is 0.408. The van der Waals surface area contributed by atoms with Crippen molar-refractivity contribution >= 4 is 48.4 Å². The minimum absolute atomic E-state index is 0.0366. The second kappa shape index (κ2) is 5.01. The Bertz CT molecular complexity index is 470. The van der Waals surface area contributed by atoms with Gasteiger partial charge in [-0.1, -0.05) is 6.07 Å². The highest BCUT2D eigenvalue weighted by Crippen LogP contribution is 2.33. The standard InChI is InChI=1S/C9H10BrIO3S/c1-14-9-7(10)4-3-6(8(9)11)5-15(2,12)13/h3-4H,5H2,1-2H3. The van der Waals surface area contributed by atoms with Crippen LogP contribution in [-0.4, -0.2) is 21.8 Å². The van der Waals surface area contributed by atoms with E-state index >= 15 is 0 Å². The molecule has 1 aromatic carbocycles. The van der Waals surface area contributed by atoms with E-state index < -0.39 is 9.84 Å². The number of sulfone groups is 1. The second-order valence-corrected chi connectivity index (χ2v) is 7.20. The molecular formula is C9H10BrIO3S. The van der Waals surface area contributed by atoms with E-state index in [1.165, 1.54) is 6.26 Å². The van der Waals surface area contributed by atoms with E-state index in [0.29, 0.717) is 5.75 Å². The molecule has 0 fully saturated rings. The molecule has 0 atom stereocenters. The third-order valence-electron chi connectivity index (χ3n) is 1.75. The van der Waals surface area contributed by atoms with E-state index in [-0.39, 0.29) is 5.75 Å². The maximum absolute atomic E-state index is 11.2. The lowest BCUT2D eigenvalue weighted by Gasteiger charge is -2.10. The van der Waals surface area contributed by atoms with E-state index in [1.807, 2.05) is 0 Å². The van der Waals surface area contributed by atoms with Gasteiger partial charge in [0.05, 0.1) is 20.9 Å². The molecule has 0 unspecified atom stereocenters. The van der Waals surface area contributed by atoms with Crippen LogP contribution in [0.4, 0.5) is 0 Å². The molecule has 0 spiro atoms. The van der Waals surface area contributed by atoms with Gasteiger partial charge in [0.25, 0.3) is 0 Å². The Balaban J connectivity index is 3.22. The smallest absolute Gasteiger partial charge is 0.151 e. The van der Waals surface area contributed by atoms with Crippen LogP contribution in [0.5, 0.6) is 5.75 Å². The molecule has 0 aromatic heterocycles. The number of ether oxygens (including phenoxy) is 1. The SMILES string of the molecule is COc1c(Br)ccc(CS(C)(=O)=O)c1I. The van der Waals surface area contributed by atoms with Crippen LogP contribution in [-0.2, 0) is 15.6 Å². The van der Waals surface area contributed by atoms with Gasteiger partial charge in [-0.15, -0.1) is 0 Å². The predicted octanol–water partition coefficient (Wildman–Crippen LogP) is 2.61. The van der Waals surface area contributed by atoms with Gasteiger partial charge in [0, 0.05) is 6.26 Å². The molecular weight excluding hydrogens is 395 g/mol. The van der Waals surface area contributed by atoms with Crippen molar-refractivity contribution in [3.63, 3.8) is 0 Å². The molecule has 0 saturated heterocycles. The zero-order valence-electron chi connectivity index (χ0n) is 8.25. The van der Waals surface area contributed by atoms with E-state index in [0.717, 1.165) is 13.6 Å². The van der Waals surface area contributed by atoms with Crippen molar-refractivity contribution in [2.75, 3.05) is 13.4 Å². The Morgan fingerprint density at radius 2 is 2.07 bits per heavy atom. The van der Waals surface area contributed by atoms with Gasteiger partial charge in [0.15, 0.2) is 9.84 Å². The first kappa shape index (κ1) is 13.2. The summed E-state index contributed by atoms with van der Waals surface area (Å²) in [4.78, 5) is 0. The summed E-state index contributed by atoms with van der Waals surface area (Å²) in [6.07, 6.45) is 1.22.